The van der Waals surface area contributed by atoms with Crippen molar-refractivity contribution in [3.05, 3.63) is 12.2 Å². The Hall–Kier alpha value is -0.940. The van der Waals surface area contributed by atoms with E-state index in [1.54, 1.807) is 0 Å². The molecule has 0 bridgehead atoms. The standard InChI is InChI=1S/C12H22N4O/c1-9(2)4-11-6-16(10(3)5-13-11)7-12-14-8-17-15-12/h8-11,13H,4-7H2,1-3H3. The molecule has 0 amide bonds. The molecule has 1 aliphatic heterocycles. The summed E-state index contributed by atoms with van der Waals surface area (Å²) in [6.45, 7) is 9.65. The third-order valence-corrected chi connectivity index (χ3v) is 3.29. The minimum atomic E-state index is 0.525. The molecule has 1 aliphatic rings. The Balaban J connectivity index is 1.90. The van der Waals surface area contributed by atoms with Gasteiger partial charge in [0.25, 0.3) is 0 Å². The van der Waals surface area contributed by atoms with E-state index in [4.69, 9.17) is 4.52 Å². The fourth-order valence-electron chi connectivity index (χ4n) is 2.38. The fraction of sp³-hybridized carbons (Fsp3) is 0.833. The van der Waals surface area contributed by atoms with Gasteiger partial charge in [0, 0.05) is 25.2 Å². The lowest BCUT2D eigenvalue weighted by molar-refractivity contribution is 0.120. The van der Waals surface area contributed by atoms with Crippen molar-refractivity contribution in [2.45, 2.75) is 45.8 Å². The highest BCUT2D eigenvalue weighted by molar-refractivity contribution is 4.88. The second-order valence-electron chi connectivity index (χ2n) is 5.36. The van der Waals surface area contributed by atoms with Crippen molar-refractivity contribution < 1.29 is 4.52 Å². The maximum atomic E-state index is 4.78. The van der Waals surface area contributed by atoms with Crippen LogP contribution in [0.25, 0.3) is 0 Å². The number of hydrogen-bond acceptors (Lipinski definition) is 5. The van der Waals surface area contributed by atoms with Crippen molar-refractivity contribution in [2.24, 2.45) is 5.92 Å². The topological polar surface area (TPSA) is 54.2 Å². The largest absolute Gasteiger partial charge is 0.343 e. The quantitative estimate of drug-likeness (QED) is 0.856. The van der Waals surface area contributed by atoms with Gasteiger partial charge in [0.05, 0.1) is 6.54 Å². The summed E-state index contributed by atoms with van der Waals surface area (Å²) in [6, 6.07) is 1.11. The highest BCUT2D eigenvalue weighted by Crippen LogP contribution is 2.14. The summed E-state index contributed by atoms with van der Waals surface area (Å²) in [5.41, 5.74) is 0. The Labute approximate surface area is 103 Å². The van der Waals surface area contributed by atoms with Crippen molar-refractivity contribution in [3.8, 4) is 0 Å². The lowest BCUT2D eigenvalue weighted by Crippen LogP contribution is -2.55. The third-order valence-electron chi connectivity index (χ3n) is 3.29. The van der Waals surface area contributed by atoms with Crippen molar-refractivity contribution >= 4 is 0 Å². The lowest BCUT2D eigenvalue weighted by Gasteiger charge is -2.38. The van der Waals surface area contributed by atoms with Crippen molar-refractivity contribution in [2.75, 3.05) is 13.1 Å². The number of nitrogens with zero attached hydrogens (tertiary/aromatic N) is 3. The molecule has 0 aromatic carbocycles. The first-order valence-corrected chi connectivity index (χ1v) is 6.38. The Morgan fingerprint density at radius 2 is 2.41 bits per heavy atom. The monoisotopic (exact) mass is 238 g/mol. The Morgan fingerprint density at radius 1 is 1.59 bits per heavy atom. The average Bonchev–Trinajstić information content (AvgIpc) is 2.75. The van der Waals surface area contributed by atoms with Gasteiger partial charge in [-0.2, -0.15) is 4.98 Å². The molecule has 1 aromatic heterocycles. The molecule has 2 heterocycles. The van der Waals surface area contributed by atoms with Crippen LogP contribution in [0, 0.1) is 5.92 Å². The van der Waals surface area contributed by atoms with Crippen LogP contribution in [-0.4, -0.2) is 40.2 Å². The molecule has 2 unspecified atom stereocenters. The normalized spacial score (nSPS) is 26.6. The number of nitrogens with one attached hydrogen (secondary N) is 1. The van der Waals surface area contributed by atoms with Gasteiger partial charge in [0.15, 0.2) is 5.82 Å². The van der Waals surface area contributed by atoms with Crippen LogP contribution >= 0.6 is 0 Å². The molecule has 0 radical (unpaired) electrons. The number of hydrogen-bond donors (Lipinski definition) is 1. The van der Waals surface area contributed by atoms with Gasteiger partial charge in [-0.15, -0.1) is 0 Å². The lowest BCUT2D eigenvalue weighted by atomic mass is 10.00. The summed E-state index contributed by atoms with van der Waals surface area (Å²) in [6.07, 6.45) is 2.61. The van der Waals surface area contributed by atoms with Crippen LogP contribution in [0.2, 0.25) is 0 Å². The van der Waals surface area contributed by atoms with Crippen LogP contribution in [0.3, 0.4) is 0 Å². The minimum absolute atomic E-state index is 0.525. The van der Waals surface area contributed by atoms with E-state index < -0.39 is 0 Å². The summed E-state index contributed by atoms with van der Waals surface area (Å²) in [5.74, 6) is 1.51. The van der Waals surface area contributed by atoms with E-state index in [1.807, 2.05) is 0 Å². The van der Waals surface area contributed by atoms with E-state index in [0.717, 1.165) is 31.4 Å². The Kier molecular flexibility index (Phi) is 4.12. The molecular formula is C12H22N4O. The van der Waals surface area contributed by atoms with Gasteiger partial charge in [-0.25, -0.2) is 0 Å². The summed E-state index contributed by atoms with van der Waals surface area (Å²) in [7, 11) is 0. The maximum absolute atomic E-state index is 4.78. The number of rotatable bonds is 4. The Morgan fingerprint density at radius 3 is 3.06 bits per heavy atom. The second kappa shape index (κ2) is 5.60. The average molecular weight is 238 g/mol. The fourth-order valence-corrected chi connectivity index (χ4v) is 2.38. The van der Waals surface area contributed by atoms with Crippen LogP contribution < -0.4 is 5.32 Å². The summed E-state index contributed by atoms with van der Waals surface area (Å²) < 4.78 is 4.78. The van der Waals surface area contributed by atoms with Crippen molar-refractivity contribution in [1.29, 1.82) is 0 Å². The molecule has 2 atom stereocenters. The van der Waals surface area contributed by atoms with Crippen LogP contribution in [-0.2, 0) is 6.54 Å². The molecule has 17 heavy (non-hydrogen) atoms. The van der Waals surface area contributed by atoms with Crippen molar-refractivity contribution in [1.82, 2.24) is 20.4 Å². The Bertz CT molecular complexity index is 325. The molecule has 1 saturated heterocycles. The summed E-state index contributed by atoms with van der Waals surface area (Å²) in [4.78, 5) is 6.52. The third kappa shape index (κ3) is 3.51. The highest BCUT2D eigenvalue weighted by Gasteiger charge is 2.26. The van der Waals surface area contributed by atoms with E-state index in [0.29, 0.717) is 12.1 Å². The van der Waals surface area contributed by atoms with Crippen LogP contribution in [0.4, 0.5) is 0 Å². The van der Waals surface area contributed by atoms with Crippen LogP contribution in [0.15, 0.2) is 10.9 Å². The smallest absolute Gasteiger partial charge is 0.213 e. The molecule has 0 saturated carbocycles. The SMILES string of the molecule is CC(C)CC1CN(Cc2ncon2)C(C)CN1. The molecular weight excluding hydrogens is 216 g/mol. The zero-order valence-corrected chi connectivity index (χ0v) is 10.9. The maximum Gasteiger partial charge on any atom is 0.213 e. The molecule has 0 aliphatic carbocycles. The van der Waals surface area contributed by atoms with Gasteiger partial charge in [0.2, 0.25) is 6.39 Å². The molecule has 1 fully saturated rings. The van der Waals surface area contributed by atoms with Gasteiger partial charge in [-0.1, -0.05) is 19.0 Å². The molecule has 2 rings (SSSR count). The highest BCUT2D eigenvalue weighted by atomic mass is 16.5. The van der Waals surface area contributed by atoms with Crippen LogP contribution in [0.5, 0.6) is 0 Å². The predicted octanol–water partition coefficient (Wildman–Crippen LogP) is 1.28. The van der Waals surface area contributed by atoms with Gasteiger partial charge in [-0.05, 0) is 19.3 Å². The summed E-state index contributed by atoms with van der Waals surface area (Å²) in [5, 5.41) is 7.49. The molecule has 96 valence electrons. The van der Waals surface area contributed by atoms with E-state index in [-0.39, 0.29) is 0 Å². The van der Waals surface area contributed by atoms with E-state index in [1.165, 1.54) is 12.8 Å². The zero-order chi connectivity index (χ0) is 12.3. The molecule has 5 nitrogen and oxygen atoms in total. The van der Waals surface area contributed by atoms with Gasteiger partial charge < -0.3 is 9.84 Å². The van der Waals surface area contributed by atoms with Crippen LogP contribution in [0.1, 0.15) is 33.0 Å². The molecule has 1 aromatic rings. The van der Waals surface area contributed by atoms with Gasteiger partial charge in [-0.3, -0.25) is 4.90 Å². The molecule has 0 spiro atoms. The zero-order valence-electron chi connectivity index (χ0n) is 10.9. The molecule has 5 heteroatoms. The molecule has 1 N–H and O–H groups in total. The number of piperazine rings is 1. The van der Waals surface area contributed by atoms with Gasteiger partial charge in [0.1, 0.15) is 0 Å². The number of aromatic nitrogens is 2. The van der Waals surface area contributed by atoms with E-state index in [2.05, 4.69) is 41.1 Å². The first-order chi connectivity index (χ1) is 8.15. The van der Waals surface area contributed by atoms with Gasteiger partial charge >= 0.3 is 0 Å². The minimum Gasteiger partial charge on any atom is -0.343 e. The first kappa shape index (κ1) is 12.5. The van der Waals surface area contributed by atoms with E-state index in [9.17, 15) is 0 Å². The summed E-state index contributed by atoms with van der Waals surface area (Å²) >= 11 is 0. The van der Waals surface area contributed by atoms with E-state index >= 15 is 0 Å². The first-order valence-electron chi connectivity index (χ1n) is 6.38. The second-order valence-corrected chi connectivity index (χ2v) is 5.36. The predicted molar refractivity (Wildman–Crippen MR) is 65.4 cm³/mol. The van der Waals surface area contributed by atoms with Crippen molar-refractivity contribution in [3.63, 3.8) is 0 Å².